The van der Waals surface area contributed by atoms with E-state index in [-0.39, 0.29) is 12.4 Å². The monoisotopic (exact) mass is 351 g/mol. The first kappa shape index (κ1) is 16.2. The third-order valence-corrected chi connectivity index (χ3v) is 4.14. The first-order valence-electron chi connectivity index (χ1n) is 8.21. The average molecular weight is 351 g/mol. The predicted molar refractivity (Wildman–Crippen MR) is 94.2 cm³/mol. The molecule has 1 aromatic heterocycles. The van der Waals surface area contributed by atoms with Crippen LogP contribution in [0.5, 0.6) is 11.5 Å². The molecule has 2 heterocycles. The molecule has 0 fully saturated rings. The van der Waals surface area contributed by atoms with Crippen molar-refractivity contribution in [2.75, 3.05) is 6.79 Å². The van der Waals surface area contributed by atoms with Gasteiger partial charge in [-0.3, -0.25) is 0 Å². The highest BCUT2D eigenvalue weighted by molar-refractivity contribution is 5.88. The molecule has 0 atom stereocenters. The van der Waals surface area contributed by atoms with Crippen molar-refractivity contribution >= 4 is 5.97 Å². The van der Waals surface area contributed by atoms with Gasteiger partial charge < -0.3 is 24.3 Å². The number of aromatic carboxylic acids is 1. The maximum Gasteiger partial charge on any atom is 0.335 e. The van der Waals surface area contributed by atoms with Crippen molar-refractivity contribution in [2.24, 2.45) is 0 Å². The molecule has 0 bridgehead atoms. The van der Waals surface area contributed by atoms with Crippen LogP contribution in [-0.2, 0) is 13.1 Å². The van der Waals surface area contributed by atoms with Crippen molar-refractivity contribution in [2.45, 2.75) is 13.1 Å². The van der Waals surface area contributed by atoms with Crippen LogP contribution in [0.4, 0.5) is 0 Å². The van der Waals surface area contributed by atoms with Gasteiger partial charge in [-0.2, -0.15) is 0 Å². The molecule has 1 aliphatic rings. The molecule has 6 nitrogen and oxygen atoms in total. The first-order valence-corrected chi connectivity index (χ1v) is 8.21. The number of benzene rings is 2. The summed E-state index contributed by atoms with van der Waals surface area (Å²) >= 11 is 0. The number of furan rings is 1. The van der Waals surface area contributed by atoms with E-state index < -0.39 is 5.97 Å². The van der Waals surface area contributed by atoms with E-state index in [1.807, 2.05) is 30.3 Å². The number of carboxylic acids is 1. The molecule has 0 saturated heterocycles. The molecule has 3 aromatic rings. The number of fused-ring (bicyclic) bond motifs is 1. The third-order valence-electron chi connectivity index (χ3n) is 4.14. The largest absolute Gasteiger partial charge is 0.478 e. The maximum absolute atomic E-state index is 10.9. The van der Waals surface area contributed by atoms with Crippen LogP contribution < -0.4 is 14.8 Å². The smallest absolute Gasteiger partial charge is 0.335 e. The fraction of sp³-hybridized carbons (Fsp3) is 0.150. The summed E-state index contributed by atoms with van der Waals surface area (Å²) in [6.07, 6.45) is 0. The van der Waals surface area contributed by atoms with Gasteiger partial charge in [-0.05, 0) is 42.0 Å². The Morgan fingerprint density at radius 3 is 2.58 bits per heavy atom. The second-order valence-corrected chi connectivity index (χ2v) is 5.94. The predicted octanol–water partition coefficient (Wildman–Crippen LogP) is 3.66. The second kappa shape index (κ2) is 6.93. The Balaban J connectivity index is 1.35. The molecule has 0 saturated carbocycles. The van der Waals surface area contributed by atoms with Crippen LogP contribution in [0.1, 0.15) is 21.7 Å². The fourth-order valence-corrected chi connectivity index (χ4v) is 2.79. The summed E-state index contributed by atoms with van der Waals surface area (Å²) in [4.78, 5) is 10.9. The molecule has 0 aliphatic carbocycles. The minimum Gasteiger partial charge on any atom is -0.478 e. The molecule has 2 N–H and O–H groups in total. The van der Waals surface area contributed by atoms with Gasteiger partial charge in [0.15, 0.2) is 11.5 Å². The molecule has 0 unspecified atom stereocenters. The van der Waals surface area contributed by atoms with Crippen molar-refractivity contribution in [3.63, 3.8) is 0 Å². The SMILES string of the molecule is O=C(O)c1ccc(-c2ccc(CNCc3ccc4c(c3)OCO4)o2)cc1. The highest BCUT2D eigenvalue weighted by Crippen LogP contribution is 2.32. The van der Waals surface area contributed by atoms with Crippen LogP contribution in [-0.4, -0.2) is 17.9 Å². The summed E-state index contributed by atoms with van der Waals surface area (Å²) in [7, 11) is 0. The number of hydrogen-bond acceptors (Lipinski definition) is 5. The fourth-order valence-electron chi connectivity index (χ4n) is 2.79. The molecule has 1 aliphatic heterocycles. The van der Waals surface area contributed by atoms with Gasteiger partial charge in [0, 0.05) is 12.1 Å². The summed E-state index contributed by atoms with van der Waals surface area (Å²) in [6.45, 7) is 1.54. The summed E-state index contributed by atoms with van der Waals surface area (Å²) < 4.78 is 16.5. The lowest BCUT2D eigenvalue weighted by atomic mass is 10.1. The topological polar surface area (TPSA) is 80.9 Å². The number of carboxylic acid groups (broad SMARTS) is 1. The van der Waals surface area contributed by atoms with Crippen molar-refractivity contribution < 1.29 is 23.8 Å². The molecule has 0 spiro atoms. The number of ether oxygens (including phenoxy) is 2. The lowest BCUT2D eigenvalue weighted by Crippen LogP contribution is -2.11. The van der Waals surface area contributed by atoms with Gasteiger partial charge in [0.2, 0.25) is 6.79 Å². The molecule has 6 heteroatoms. The Labute approximate surface area is 150 Å². The number of hydrogen-bond donors (Lipinski definition) is 2. The maximum atomic E-state index is 10.9. The molecular formula is C20H17NO5. The Morgan fingerprint density at radius 2 is 1.77 bits per heavy atom. The molecule has 4 rings (SSSR count). The minimum absolute atomic E-state index is 0.255. The molecular weight excluding hydrogens is 334 g/mol. The normalized spacial score (nSPS) is 12.3. The highest BCUT2D eigenvalue weighted by Gasteiger charge is 2.13. The van der Waals surface area contributed by atoms with Crippen LogP contribution >= 0.6 is 0 Å². The molecule has 26 heavy (non-hydrogen) atoms. The molecule has 2 aromatic carbocycles. The van der Waals surface area contributed by atoms with Gasteiger partial charge in [0.05, 0.1) is 12.1 Å². The van der Waals surface area contributed by atoms with Gasteiger partial charge in [-0.25, -0.2) is 4.79 Å². The quantitative estimate of drug-likeness (QED) is 0.705. The molecule has 0 amide bonds. The minimum atomic E-state index is -0.940. The van der Waals surface area contributed by atoms with Gasteiger partial charge in [-0.1, -0.05) is 18.2 Å². The molecule has 132 valence electrons. The Hall–Kier alpha value is -3.25. The van der Waals surface area contributed by atoms with Gasteiger partial charge in [0.25, 0.3) is 0 Å². The lowest BCUT2D eigenvalue weighted by molar-refractivity contribution is 0.0697. The van der Waals surface area contributed by atoms with Crippen molar-refractivity contribution in [1.29, 1.82) is 0 Å². The van der Waals surface area contributed by atoms with Gasteiger partial charge >= 0.3 is 5.97 Å². The first-order chi connectivity index (χ1) is 12.7. The van der Waals surface area contributed by atoms with Gasteiger partial charge in [0.1, 0.15) is 11.5 Å². The Morgan fingerprint density at radius 1 is 0.962 bits per heavy atom. The van der Waals surface area contributed by atoms with Gasteiger partial charge in [-0.15, -0.1) is 0 Å². The van der Waals surface area contributed by atoms with E-state index in [4.69, 9.17) is 19.0 Å². The van der Waals surface area contributed by atoms with E-state index in [0.29, 0.717) is 18.8 Å². The van der Waals surface area contributed by atoms with Crippen molar-refractivity contribution in [3.05, 3.63) is 71.5 Å². The second-order valence-electron chi connectivity index (χ2n) is 5.94. The number of nitrogens with one attached hydrogen (secondary N) is 1. The standard InChI is InChI=1S/C20H17NO5/c22-20(23)15-4-2-14(3-5-15)17-8-6-16(26-17)11-21-10-13-1-7-18-19(9-13)25-12-24-18/h1-9,21H,10-12H2,(H,22,23). The lowest BCUT2D eigenvalue weighted by Gasteiger charge is -2.04. The van der Waals surface area contributed by atoms with E-state index in [1.165, 1.54) is 0 Å². The number of rotatable bonds is 6. The zero-order valence-electron chi connectivity index (χ0n) is 13.9. The summed E-state index contributed by atoms with van der Waals surface area (Å²) in [5.41, 5.74) is 2.20. The van der Waals surface area contributed by atoms with E-state index in [2.05, 4.69) is 5.32 Å². The highest BCUT2D eigenvalue weighted by atomic mass is 16.7. The van der Waals surface area contributed by atoms with E-state index in [0.717, 1.165) is 28.4 Å². The van der Waals surface area contributed by atoms with Crippen LogP contribution in [0.15, 0.2) is 59.0 Å². The van der Waals surface area contributed by atoms with Crippen LogP contribution in [0, 0.1) is 0 Å². The Bertz CT molecular complexity index is 930. The Kier molecular flexibility index (Phi) is 4.33. The molecule has 0 radical (unpaired) electrons. The van der Waals surface area contributed by atoms with E-state index >= 15 is 0 Å². The number of carbonyl (C=O) groups is 1. The van der Waals surface area contributed by atoms with Crippen LogP contribution in [0.2, 0.25) is 0 Å². The van der Waals surface area contributed by atoms with E-state index in [1.54, 1.807) is 24.3 Å². The summed E-state index contributed by atoms with van der Waals surface area (Å²) in [6, 6.07) is 16.3. The summed E-state index contributed by atoms with van der Waals surface area (Å²) in [5.74, 6) is 2.13. The third kappa shape index (κ3) is 3.41. The average Bonchev–Trinajstić information content (AvgIpc) is 3.30. The zero-order valence-corrected chi connectivity index (χ0v) is 13.9. The summed E-state index contributed by atoms with van der Waals surface area (Å²) in [5, 5.41) is 12.3. The van der Waals surface area contributed by atoms with E-state index in [9.17, 15) is 4.79 Å². The van der Waals surface area contributed by atoms with Crippen molar-refractivity contribution in [1.82, 2.24) is 5.32 Å². The van der Waals surface area contributed by atoms with Crippen molar-refractivity contribution in [3.8, 4) is 22.8 Å². The van der Waals surface area contributed by atoms with Crippen LogP contribution in [0.25, 0.3) is 11.3 Å². The van der Waals surface area contributed by atoms with Crippen LogP contribution in [0.3, 0.4) is 0 Å². The zero-order chi connectivity index (χ0) is 17.9.